The molecule has 0 radical (unpaired) electrons. The summed E-state index contributed by atoms with van der Waals surface area (Å²) >= 11 is 1.46. The van der Waals surface area contributed by atoms with Gasteiger partial charge in [0.2, 0.25) is 0 Å². The lowest BCUT2D eigenvalue weighted by molar-refractivity contribution is 0.237. The summed E-state index contributed by atoms with van der Waals surface area (Å²) in [6.45, 7) is 9.43. The molecule has 1 saturated heterocycles. The monoisotopic (exact) mass is 269 g/mol. The molecule has 4 nitrogen and oxygen atoms in total. The van der Waals surface area contributed by atoms with Gasteiger partial charge in [0.15, 0.2) is 16.6 Å². The number of piperidine rings is 1. The summed E-state index contributed by atoms with van der Waals surface area (Å²) < 4.78 is 9.84. The predicted molar refractivity (Wildman–Crippen MR) is 77.5 cm³/mol. The first-order chi connectivity index (χ1) is 8.59. The second kappa shape index (κ2) is 5.34. The first kappa shape index (κ1) is 13.5. The van der Waals surface area contributed by atoms with E-state index in [-0.39, 0.29) is 0 Å². The molecule has 5 heteroatoms. The minimum Gasteiger partial charge on any atom is -0.487 e. The van der Waals surface area contributed by atoms with Crippen molar-refractivity contribution in [3.8, 4) is 5.75 Å². The number of anilines is 2. The predicted octanol–water partition coefficient (Wildman–Crippen LogP) is 3.14. The third kappa shape index (κ3) is 2.55. The number of nitrogens with two attached hydrogens (primary N) is 1. The van der Waals surface area contributed by atoms with E-state index in [2.05, 4.69) is 23.1 Å². The molecule has 0 aromatic carbocycles. The van der Waals surface area contributed by atoms with Crippen LogP contribution in [-0.2, 0) is 0 Å². The van der Waals surface area contributed by atoms with Crippen LogP contribution >= 0.6 is 11.5 Å². The zero-order valence-corrected chi connectivity index (χ0v) is 12.3. The van der Waals surface area contributed by atoms with Gasteiger partial charge < -0.3 is 15.4 Å². The third-order valence-electron chi connectivity index (χ3n) is 4.06. The van der Waals surface area contributed by atoms with Crippen molar-refractivity contribution in [2.45, 2.75) is 40.0 Å². The van der Waals surface area contributed by atoms with Crippen LogP contribution in [0, 0.1) is 5.41 Å². The van der Waals surface area contributed by atoms with Gasteiger partial charge in [0.05, 0.1) is 6.61 Å². The van der Waals surface area contributed by atoms with Crippen molar-refractivity contribution in [1.82, 2.24) is 4.37 Å². The van der Waals surface area contributed by atoms with Crippen molar-refractivity contribution in [1.29, 1.82) is 0 Å². The van der Waals surface area contributed by atoms with Gasteiger partial charge in [-0.05, 0) is 36.7 Å². The van der Waals surface area contributed by atoms with Crippen LogP contribution in [0.3, 0.4) is 0 Å². The lowest BCUT2D eigenvalue weighted by Gasteiger charge is -2.39. The van der Waals surface area contributed by atoms with Gasteiger partial charge in [-0.15, -0.1) is 0 Å². The SMILES string of the molecule is CCOc1c(N)nsc1N1CCC(C)(CC)CC1. The number of nitrogen functional groups attached to an aromatic ring is 1. The Kier molecular flexibility index (Phi) is 4.00. The van der Waals surface area contributed by atoms with Crippen molar-refractivity contribution in [3.63, 3.8) is 0 Å². The summed E-state index contributed by atoms with van der Waals surface area (Å²) in [4.78, 5) is 2.37. The Balaban J connectivity index is 2.10. The zero-order valence-electron chi connectivity index (χ0n) is 11.5. The minimum absolute atomic E-state index is 0.499. The van der Waals surface area contributed by atoms with Crippen LogP contribution in [-0.4, -0.2) is 24.1 Å². The third-order valence-corrected chi connectivity index (χ3v) is 4.96. The van der Waals surface area contributed by atoms with E-state index in [0.29, 0.717) is 17.8 Å². The Labute approximate surface area is 113 Å². The van der Waals surface area contributed by atoms with Gasteiger partial charge in [-0.25, -0.2) is 0 Å². The van der Waals surface area contributed by atoms with E-state index in [1.165, 1.54) is 30.8 Å². The van der Waals surface area contributed by atoms with Crippen LogP contribution in [0.25, 0.3) is 0 Å². The van der Waals surface area contributed by atoms with Gasteiger partial charge in [0.25, 0.3) is 0 Å². The first-order valence-electron chi connectivity index (χ1n) is 6.72. The second-order valence-corrected chi connectivity index (χ2v) is 6.04. The standard InChI is InChI=1S/C13H23N3OS/c1-4-13(3)6-8-16(9-7-13)12-10(17-5-2)11(14)15-18-12/h4-9H2,1-3H3,(H2,14,15). The normalized spacial score (nSPS) is 18.9. The van der Waals surface area contributed by atoms with E-state index in [4.69, 9.17) is 10.5 Å². The van der Waals surface area contributed by atoms with Gasteiger partial charge in [0, 0.05) is 13.1 Å². The van der Waals surface area contributed by atoms with Crippen LogP contribution < -0.4 is 15.4 Å². The number of nitrogens with zero attached hydrogens (tertiary/aromatic N) is 2. The summed E-state index contributed by atoms with van der Waals surface area (Å²) in [7, 11) is 0. The highest BCUT2D eigenvalue weighted by atomic mass is 32.1. The Bertz CT molecular complexity index is 397. The smallest absolute Gasteiger partial charge is 0.197 e. The lowest BCUT2D eigenvalue weighted by Crippen LogP contribution is -2.38. The van der Waals surface area contributed by atoms with E-state index >= 15 is 0 Å². The van der Waals surface area contributed by atoms with Crippen molar-refractivity contribution in [2.75, 3.05) is 30.3 Å². The number of hydrogen-bond donors (Lipinski definition) is 1. The molecule has 0 atom stereocenters. The molecule has 0 unspecified atom stereocenters. The maximum absolute atomic E-state index is 5.86. The van der Waals surface area contributed by atoms with E-state index in [1.807, 2.05) is 6.92 Å². The van der Waals surface area contributed by atoms with E-state index in [9.17, 15) is 0 Å². The summed E-state index contributed by atoms with van der Waals surface area (Å²) in [6, 6.07) is 0. The summed E-state index contributed by atoms with van der Waals surface area (Å²) in [6.07, 6.45) is 3.71. The van der Waals surface area contributed by atoms with Crippen LogP contribution in [0.5, 0.6) is 5.75 Å². The molecule has 1 fully saturated rings. The number of ether oxygens (including phenoxy) is 1. The lowest BCUT2D eigenvalue weighted by atomic mass is 9.78. The van der Waals surface area contributed by atoms with Gasteiger partial charge in [-0.3, -0.25) is 0 Å². The molecular weight excluding hydrogens is 246 g/mol. The highest BCUT2D eigenvalue weighted by Gasteiger charge is 2.30. The van der Waals surface area contributed by atoms with Gasteiger partial charge in [0.1, 0.15) is 0 Å². The highest BCUT2D eigenvalue weighted by Crippen LogP contribution is 2.42. The quantitative estimate of drug-likeness (QED) is 0.912. The average molecular weight is 269 g/mol. The zero-order chi connectivity index (χ0) is 13.2. The maximum Gasteiger partial charge on any atom is 0.197 e. The molecule has 1 aromatic heterocycles. The van der Waals surface area contributed by atoms with Crippen LogP contribution in [0.4, 0.5) is 10.8 Å². The number of aromatic nitrogens is 1. The van der Waals surface area contributed by atoms with E-state index in [0.717, 1.165) is 23.8 Å². The molecule has 0 spiro atoms. The molecule has 2 rings (SSSR count). The van der Waals surface area contributed by atoms with Crippen LogP contribution in [0.1, 0.15) is 40.0 Å². The fourth-order valence-corrected chi connectivity index (χ4v) is 3.18. The molecule has 0 aliphatic carbocycles. The Morgan fingerprint density at radius 2 is 2.06 bits per heavy atom. The van der Waals surface area contributed by atoms with Crippen molar-refractivity contribution >= 4 is 22.4 Å². The fraction of sp³-hybridized carbons (Fsp3) is 0.769. The highest BCUT2D eigenvalue weighted by molar-refractivity contribution is 7.11. The molecule has 2 N–H and O–H groups in total. The van der Waals surface area contributed by atoms with Crippen molar-refractivity contribution in [2.24, 2.45) is 5.41 Å². The van der Waals surface area contributed by atoms with Gasteiger partial charge in [-0.1, -0.05) is 20.3 Å². The van der Waals surface area contributed by atoms with E-state index in [1.54, 1.807) is 0 Å². The molecule has 102 valence electrons. The summed E-state index contributed by atoms with van der Waals surface area (Å²) in [5.74, 6) is 1.31. The van der Waals surface area contributed by atoms with Crippen LogP contribution in [0.15, 0.2) is 0 Å². The molecule has 0 amide bonds. The average Bonchev–Trinajstić information content (AvgIpc) is 2.73. The molecule has 18 heavy (non-hydrogen) atoms. The van der Waals surface area contributed by atoms with Gasteiger partial charge >= 0.3 is 0 Å². The second-order valence-electron chi connectivity index (χ2n) is 5.29. The van der Waals surface area contributed by atoms with E-state index < -0.39 is 0 Å². The Morgan fingerprint density at radius 1 is 1.39 bits per heavy atom. The van der Waals surface area contributed by atoms with Crippen molar-refractivity contribution < 1.29 is 4.74 Å². The van der Waals surface area contributed by atoms with Crippen molar-refractivity contribution in [3.05, 3.63) is 0 Å². The molecule has 2 heterocycles. The van der Waals surface area contributed by atoms with Crippen LogP contribution in [0.2, 0.25) is 0 Å². The maximum atomic E-state index is 5.86. The fourth-order valence-electron chi connectivity index (χ4n) is 2.37. The van der Waals surface area contributed by atoms with Gasteiger partial charge in [-0.2, -0.15) is 4.37 Å². The Hall–Kier alpha value is -0.970. The topological polar surface area (TPSA) is 51.4 Å². The largest absolute Gasteiger partial charge is 0.487 e. The number of rotatable bonds is 4. The minimum atomic E-state index is 0.499. The molecule has 1 aromatic rings. The number of hydrogen-bond acceptors (Lipinski definition) is 5. The molecule has 0 bridgehead atoms. The summed E-state index contributed by atoms with van der Waals surface area (Å²) in [5, 5.41) is 1.10. The molecular formula is C13H23N3OS. The molecule has 0 saturated carbocycles. The molecule has 1 aliphatic rings. The summed E-state index contributed by atoms with van der Waals surface area (Å²) in [5.41, 5.74) is 6.36. The first-order valence-corrected chi connectivity index (χ1v) is 7.50. The Morgan fingerprint density at radius 3 is 2.61 bits per heavy atom. The molecule has 1 aliphatic heterocycles.